The van der Waals surface area contributed by atoms with Crippen molar-refractivity contribution in [3.05, 3.63) is 30.1 Å². The fraction of sp³-hybridized carbons (Fsp3) is 0.455. The molecule has 1 amide bonds. The third-order valence-electron chi connectivity index (χ3n) is 2.30. The zero-order chi connectivity index (χ0) is 11.1. The fourth-order valence-corrected chi connectivity index (χ4v) is 1.23. The molecule has 82 valence electrons. The molecule has 1 rings (SSSR count). The number of pyridine rings is 1. The van der Waals surface area contributed by atoms with Gasteiger partial charge in [0, 0.05) is 18.9 Å². The number of carbonyl (C=O) groups excluding carboxylic acids is 1. The highest BCUT2D eigenvalue weighted by Gasteiger charge is 2.14. The van der Waals surface area contributed by atoms with Crippen molar-refractivity contribution in [3.8, 4) is 0 Å². The van der Waals surface area contributed by atoms with Crippen LogP contribution in [0.25, 0.3) is 0 Å². The van der Waals surface area contributed by atoms with E-state index in [9.17, 15) is 4.79 Å². The average Bonchev–Trinajstić information content (AvgIpc) is 2.29. The van der Waals surface area contributed by atoms with Gasteiger partial charge in [0.15, 0.2) is 0 Å². The van der Waals surface area contributed by atoms with Crippen LogP contribution >= 0.6 is 0 Å². The molecule has 4 nitrogen and oxygen atoms in total. The predicted octanol–water partition coefficient (Wildman–Crippen LogP) is 0.716. The van der Waals surface area contributed by atoms with E-state index in [1.54, 1.807) is 12.4 Å². The number of aliphatic hydroxyl groups excluding tert-OH is 1. The van der Waals surface area contributed by atoms with Gasteiger partial charge < -0.3 is 10.4 Å². The van der Waals surface area contributed by atoms with Crippen LogP contribution in [0, 0.1) is 5.92 Å². The molecular formula is C11H16N2O2. The second-order valence-electron chi connectivity index (χ2n) is 3.36. The molecule has 0 saturated heterocycles. The van der Waals surface area contributed by atoms with Crippen molar-refractivity contribution < 1.29 is 9.90 Å². The van der Waals surface area contributed by atoms with E-state index in [4.69, 9.17) is 5.11 Å². The van der Waals surface area contributed by atoms with Crippen LogP contribution in [0.3, 0.4) is 0 Å². The number of amides is 1. The molecule has 0 radical (unpaired) electrons. The summed E-state index contributed by atoms with van der Waals surface area (Å²) in [5, 5.41) is 11.7. The molecule has 0 aliphatic rings. The number of aliphatic hydroxyl groups is 1. The molecule has 1 unspecified atom stereocenters. The molecule has 0 aliphatic carbocycles. The number of aromatic nitrogens is 1. The Kier molecular flexibility index (Phi) is 4.77. The average molecular weight is 208 g/mol. The Morgan fingerprint density at radius 1 is 1.53 bits per heavy atom. The number of nitrogens with zero attached hydrogens (tertiary/aromatic N) is 1. The summed E-state index contributed by atoms with van der Waals surface area (Å²) in [6.07, 6.45) is 4.02. The molecule has 0 fully saturated rings. The van der Waals surface area contributed by atoms with Crippen molar-refractivity contribution in [2.45, 2.75) is 19.9 Å². The normalized spacial score (nSPS) is 12.1. The van der Waals surface area contributed by atoms with Crippen LogP contribution in [0.15, 0.2) is 24.5 Å². The number of rotatable bonds is 5. The molecular weight excluding hydrogens is 192 g/mol. The maximum Gasteiger partial charge on any atom is 0.225 e. The molecule has 0 saturated carbocycles. The van der Waals surface area contributed by atoms with E-state index >= 15 is 0 Å². The molecule has 0 spiro atoms. The smallest absolute Gasteiger partial charge is 0.225 e. The summed E-state index contributed by atoms with van der Waals surface area (Å²) in [5.41, 5.74) is 1.01. The number of nitrogens with one attached hydrogen (secondary N) is 1. The summed E-state index contributed by atoms with van der Waals surface area (Å²) < 4.78 is 0. The number of hydrogen-bond acceptors (Lipinski definition) is 3. The lowest BCUT2D eigenvalue weighted by Crippen LogP contribution is -2.31. The van der Waals surface area contributed by atoms with Gasteiger partial charge in [-0.2, -0.15) is 0 Å². The van der Waals surface area contributed by atoms with Crippen molar-refractivity contribution >= 4 is 5.91 Å². The van der Waals surface area contributed by atoms with Gasteiger partial charge in [-0.15, -0.1) is 0 Å². The predicted molar refractivity (Wildman–Crippen MR) is 57.0 cm³/mol. The Morgan fingerprint density at radius 2 is 2.20 bits per heavy atom. The monoisotopic (exact) mass is 208 g/mol. The third kappa shape index (κ3) is 3.67. The summed E-state index contributed by atoms with van der Waals surface area (Å²) in [5.74, 6) is -0.399. The largest absolute Gasteiger partial charge is 0.396 e. The van der Waals surface area contributed by atoms with Crippen LogP contribution in [0.1, 0.15) is 18.9 Å². The van der Waals surface area contributed by atoms with Gasteiger partial charge in [-0.3, -0.25) is 9.78 Å². The quantitative estimate of drug-likeness (QED) is 0.749. The van der Waals surface area contributed by atoms with Gasteiger partial charge in [0.05, 0.1) is 12.5 Å². The number of hydrogen-bond donors (Lipinski definition) is 2. The minimum absolute atomic E-state index is 0.0985. The Balaban J connectivity index is 2.40. The van der Waals surface area contributed by atoms with Crippen molar-refractivity contribution in [3.63, 3.8) is 0 Å². The lowest BCUT2D eigenvalue weighted by molar-refractivity contribution is -0.126. The van der Waals surface area contributed by atoms with Crippen molar-refractivity contribution in [2.24, 2.45) is 5.92 Å². The minimum atomic E-state index is -0.299. The Morgan fingerprint density at radius 3 is 2.73 bits per heavy atom. The Labute approximate surface area is 89.3 Å². The van der Waals surface area contributed by atoms with Crippen molar-refractivity contribution in [1.29, 1.82) is 0 Å². The third-order valence-corrected chi connectivity index (χ3v) is 2.30. The van der Waals surface area contributed by atoms with E-state index in [0.717, 1.165) is 5.56 Å². The van der Waals surface area contributed by atoms with Crippen LogP contribution in [-0.4, -0.2) is 22.6 Å². The zero-order valence-corrected chi connectivity index (χ0v) is 8.81. The maximum absolute atomic E-state index is 11.5. The molecule has 0 bridgehead atoms. The molecule has 4 heteroatoms. The first kappa shape index (κ1) is 11.7. The second kappa shape index (κ2) is 6.14. The zero-order valence-electron chi connectivity index (χ0n) is 8.81. The van der Waals surface area contributed by atoms with E-state index in [1.807, 2.05) is 19.1 Å². The first-order chi connectivity index (χ1) is 7.27. The van der Waals surface area contributed by atoms with Gasteiger partial charge in [-0.25, -0.2) is 0 Å². The first-order valence-corrected chi connectivity index (χ1v) is 5.05. The van der Waals surface area contributed by atoms with Gasteiger partial charge in [-0.05, 0) is 24.1 Å². The van der Waals surface area contributed by atoms with Crippen molar-refractivity contribution in [2.75, 3.05) is 6.61 Å². The maximum atomic E-state index is 11.5. The van der Waals surface area contributed by atoms with Gasteiger partial charge in [0.1, 0.15) is 0 Å². The Bertz CT molecular complexity index is 297. The van der Waals surface area contributed by atoms with Gasteiger partial charge in [0.25, 0.3) is 0 Å². The molecule has 1 heterocycles. The highest BCUT2D eigenvalue weighted by molar-refractivity contribution is 5.78. The Hall–Kier alpha value is -1.42. The van der Waals surface area contributed by atoms with Crippen LogP contribution in [-0.2, 0) is 11.3 Å². The molecule has 15 heavy (non-hydrogen) atoms. The lowest BCUT2D eigenvalue weighted by atomic mass is 10.1. The van der Waals surface area contributed by atoms with Crippen LogP contribution < -0.4 is 5.32 Å². The van der Waals surface area contributed by atoms with E-state index in [1.165, 1.54) is 0 Å². The molecule has 0 aromatic carbocycles. The van der Waals surface area contributed by atoms with Crippen LogP contribution in [0.5, 0.6) is 0 Å². The molecule has 0 aliphatic heterocycles. The second-order valence-corrected chi connectivity index (χ2v) is 3.36. The van der Waals surface area contributed by atoms with Crippen LogP contribution in [0.4, 0.5) is 0 Å². The summed E-state index contributed by atoms with van der Waals surface area (Å²) in [6.45, 7) is 2.27. The topological polar surface area (TPSA) is 62.2 Å². The highest BCUT2D eigenvalue weighted by Crippen LogP contribution is 2.02. The molecule has 2 N–H and O–H groups in total. The van der Waals surface area contributed by atoms with Crippen molar-refractivity contribution in [1.82, 2.24) is 10.3 Å². The van der Waals surface area contributed by atoms with Gasteiger partial charge >= 0.3 is 0 Å². The first-order valence-electron chi connectivity index (χ1n) is 5.05. The SMILES string of the molecule is CCC(CO)C(=O)NCc1ccncc1. The molecule has 1 atom stereocenters. The number of carbonyl (C=O) groups is 1. The lowest BCUT2D eigenvalue weighted by Gasteiger charge is -2.11. The minimum Gasteiger partial charge on any atom is -0.396 e. The van der Waals surface area contributed by atoms with E-state index in [2.05, 4.69) is 10.3 Å². The molecule has 1 aromatic rings. The highest BCUT2D eigenvalue weighted by atomic mass is 16.3. The summed E-state index contributed by atoms with van der Waals surface area (Å²) >= 11 is 0. The van der Waals surface area contributed by atoms with Crippen LogP contribution in [0.2, 0.25) is 0 Å². The summed E-state index contributed by atoms with van der Waals surface area (Å²) in [7, 11) is 0. The van der Waals surface area contributed by atoms with Gasteiger partial charge in [-0.1, -0.05) is 6.92 Å². The fourth-order valence-electron chi connectivity index (χ4n) is 1.23. The standard InChI is InChI=1S/C11H16N2O2/c1-2-10(8-14)11(15)13-7-9-3-5-12-6-4-9/h3-6,10,14H,2,7-8H2,1H3,(H,13,15). The summed E-state index contributed by atoms with van der Waals surface area (Å²) in [4.78, 5) is 15.4. The van der Waals surface area contributed by atoms with E-state index in [0.29, 0.717) is 13.0 Å². The summed E-state index contributed by atoms with van der Waals surface area (Å²) in [6, 6.07) is 3.69. The van der Waals surface area contributed by atoms with E-state index in [-0.39, 0.29) is 18.4 Å². The molecule has 1 aromatic heterocycles. The van der Waals surface area contributed by atoms with E-state index < -0.39 is 0 Å². The van der Waals surface area contributed by atoms with Gasteiger partial charge in [0.2, 0.25) is 5.91 Å².